The monoisotopic (exact) mass is 1200 g/mol. The largest absolute Gasteiger partial charge is 0.491 e. The van der Waals surface area contributed by atoms with E-state index in [4.69, 9.17) is 37.9 Å². The third-order valence-electron chi connectivity index (χ3n) is 11.3. The molecule has 0 saturated carbocycles. The molecule has 484 valence electrons. The molecule has 4 aliphatic heterocycles. The average molecular weight is 1210 g/mol. The number of aryl methyl sites for hydroxylation is 2. The molecule has 4 saturated heterocycles. The summed E-state index contributed by atoms with van der Waals surface area (Å²) in [6, 6.07) is 77.6. The summed E-state index contributed by atoms with van der Waals surface area (Å²) in [4.78, 5) is 0. The molecule has 0 spiro atoms. The maximum absolute atomic E-state index is 5.40. The lowest BCUT2D eigenvalue weighted by Crippen LogP contribution is -2.03. The molecule has 8 aromatic rings. The first kappa shape index (κ1) is 82.9. The summed E-state index contributed by atoms with van der Waals surface area (Å²) in [6.07, 6.45) is 6.08. The van der Waals surface area contributed by atoms with Crippen LogP contribution in [0.15, 0.2) is 231 Å². The zero-order valence-electron chi connectivity index (χ0n) is 55.0. The van der Waals surface area contributed by atoms with Gasteiger partial charge < -0.3 is 37.9 Å². The fourth-order valence-corrected chi connectivity index (χ4v) is 6.61. The van der Waals surface area contributed by atoms with Gasteiger partial charge in [0.25, 0.3) is 0 Å². The van der Waals surface area contributed by atoms with Crippen molar-refractivity contribution in [1.82, 2.24) is 0 Å². The minimum absolute atomic E-state index is 0. The van der Waals surface area contributed by atoms with Gasteiger partial charge in [-0.15, -0.1) is 0 Å². The van der Waals surface area contributed by atoms with Crippen molar-refractivity contribution in [3.8, 4) is 45.3 Å². The Labute approximate surface area is 536 Å². The molecule has 12 rings (SSSR count). The summed E-state index contributed by atoms with van der Waals surface area (Å²) in [6.45, 7) is 35.0. The SMILES string of the molecule is C.C.CC.CC.CC.CC.CCC.CCC.CCc1ccc(-c2ccc(CC)cc2)cc1.c1ccc(-c2ccccc2)cc1.c1ccc(OCC2CO2)cc1.c1ccc(OCC2CO2)cc1.c1ccc(OCC2CO2)cc1.c1ccc(OCC2CO2)cc1. The van der Waals surface area contributed by atoms with E-state index in [1.165, 1.54) is 46.2 Å². The van der Waals surface area contributed by atoms with Gasteiger partial charge in [-0.05, 0) is 94.8 Å². The summed E-state index contributed by atoms with van der Waals surface area (Å²) in [5.41, 5.74) is 7.96. The molecule has 4 atom stereocenters. The van der Waals surface area contributed by atoms with Gasteiger partial charge in [-0.3, -0.25) is 0 Å². The molecule has 4 fully saturated rings. The lowest BCUT2D eigenvalue weighted by molar-refractivity contribution is 0.263. The molecule has 8 aromatic carbocycles. The Bertz CT molecular complexity index is 2330. The van der Waals surface area contributed by atoms with Crippen LogP contribution in [0.4, 0.5) is 0 Å². The lowest BCUT2D eigenvalue weighted by Gasteiger charge is -2.04. The molecule has 8 nitrogen and oxygen atoms in total. The molecule has 0 N–H and O–H groups in total. The van der Waals surface area contributed by atoms with E-state index in [0.717, 1.165) is 62.3 Å². The highest BCUT2D eigenvalue weighted by atomic mass is 16.6. The van der Waals surface area contributed by atoms with E-state index in [9.17, 15) is 0 Å². The second kappa shape index (κ2) is 57.5. The summed E-state index contributed by atoms with van der Waals surface area (Å²) >= 11 is 0. The smallest absolute Gasteiger partial charge is 0.119 e. The van der Waals surface area contributed by atoms with Gasteiger partial charge in [-0.1, -0.05) is 307 Å². The van der Waals surface area contributed by atoms with Crippen LogP contribution in [0.1, 0.15) is 136 Å². The maximum atomic E-state index is 5.40. The number of hydrogen-bond acceptors (Lipinski definition) is 8. The molecule has 0 amide bonds. The third kappa shape index (κ3) is 43.4. The first-order valence-electron chi connectivity index (χ1n) is 31.9. The summed E-state index contributed by atoms with van der Waals surface area (Å²) < 4.78 is 41.6. The van der Waals surface area contributed by atoms with E-state index in [2.05, 4.69) is 139 Å². The van der Waals surface area contributed by atoms with E-state index < -0.39 is 0 Å². The number of benzene rings is 8. The van der Waals surface area contributed by atoms with E-state index in [-0.39, 0.29) is 14.9 Å². The van der Waals surface area contributed by atoms with Crippen LogP contribution < -0.4 is 18.9 Å². The lowest BCUT2D eigenvalue weighted by atomic mass is 10.0. The number of rotatable bonds is 16. The highest BCUT2D eigenvalue weighted by Crippen LogP contribution is 2.22. The molecular formula is C80H116O8. The van der Waals surface area contributed by atoms with E-state index in [0.29, 0.717) is 50.8 Å². The summed E-state index contributed by atoms with van der Waals surface area (Å²) in [5.74, 6) is 3.68. The first-order chi connectivity index (χ1) is 42.4. The quantitative estimate of drug-likeness (QED) is 0.0885. The summed E-state index contributed by atoms with van der Waals surface area (Å²) in [5, 5.41) is 0. The second-order valence-electron chi connectivity index (χ2n) is 18.6. The van der Waals surface area contributed by atoms with Crippen LogP contribution in [0.5, 0.6) is 23.0 Å². The molecule has 0 bridgehead atoms. The van der Waals surface area contributed by atoms with Crippen molar-refractivity contribution in [3.63, 3.8) is 0 Å². The van der Waals surface area contributed by atoms with Gasteiger partial charge in [0, 0.05) is 0 Å². The molecule has 4 heterocycles. The molecule has 4 aliphatic rings. The zero-order valence-corrected chi connectivity index (χ0v) is 55.0. The Hall–Kier alpha value is -7.20. The van der Waals surface area contributed by atoms with E-state index in [1.54, 1.807) is 0 Å². The Kier molecular flexibility index (Phi) is 54.2. The van der Waals surface area contributed by atoms with Crippen molar-refractivity contribution in [2.24, 2.45) is 0 Å². The topological polar surface area (TPSA) is 87.0 Å². The summed E-state index contributed by atoms with van der Waals surface area (Å²) in [7, 11) is 0. The molecule has 0 aliphatic carbocycles. The predicted molar refractivity (Wildman–Crippen MR) is 380 cm³/mol. The van der Waals surface area contributed by atoms with Crippen LogP contribution in [0.3, 0.4) is 0 Å². The van der Waals surface area contributed by atoms with E-state index in [1.807, 2.05) is 189 Å². The molecule has 0 radical (unpaired) electrons. The van der Waals surface area contributed by atoms with Crippen LogP contribution in [-0.4, -0.2) is 77.3 Å². The number of ether oxygens (including phenoxy) is 8. The molecule has 0 aromatic heterocycles. The number of para-hydroxylation sites is 4. The van der Waals surface area contributed by atoms with Crippen molar-refractivity contribution in [3.05, 3.63) is 242 Å². The molecular weight excluding hydrogens is 1090 g/mol. The highest BCUT2D eigenvalue weighted by Gasteiger charge is 2.24. The van der Waals surface area contributed by atoms with Gasteiger partial charge in [-0.2, -0.15) is 0 Å². The van der Waals surface area contributed by atoms with Gasteiger partial charge >= 0.3 is 0 Å². The van der Waals surface area contributed by atoms with Crippen molar-refractivity contribution < 1.29 is 37.9 Å². The number of hydrogen-bond donors (Lipinski definition) is 0. The second-order valence-corrected chi connectivity index (χ2v) is 18.6. The van der Waals surface area contributed by atoms with Crippen LogP contribution in [0.2, 0.25) is 0 Å². The van der Waals surface area contributed by atoms with Gasteiger partial charge in [0.1, 0.15) is 73.8 Å². The Morgan fingerprint density at radius 1 is 0.261 bits per heavy atom. The number of epoxide rings is 4. The standard InChI is InChI=1S/C16H18.C12H10.4C9H10O2.2C3H8.4C2H6.2CH4/c1-3-13-5-9-15(10-6-13)16-11-7-14(4-2)8-12-16;1-3-7-11(8-4-1)12-9-5-2-6-10-12;4*1-2-4-8(5-3-1)10-6-9-7-11-9;2*1-3-2;4*1-2;;/h5-12H,3-4H2,1-2H3;1-10H;4*1-5,9H,6-7H2;2*3H2,1-2H3;4*1-2H3;2*1H4. The first-order valence-corrected chi connectivity index (χ1v) is 31.9. The highest BCUT2D eigenvalue weighted by molar-refractivity contribution is 5.64. The molecule has 4 unspecified atom stereocenters. The van der Waals surface area contributed by atoms with Crippen molar-refractivity contribution in [2.45, 2.75) is 162 Å². The van der Waals surface area contributed by atoms with Crippen LogP contribution in [0.25, 0.3) is 22.3 Å². The average Bonchev–Trinajstić information content (AvgIpc) is 4.57. The van der Waals surface area contributed by atoms with Gasteiger partial charge in [0.05, 0.1) is 26.4 Å². The Morgan fingerprint density at radius 3 is 0.580 bits per heavy atom. The van der Waals surface area contributed by atoms with Crippen molar-refractivity contribution in [1.29, 1.82) is 0 Å². The van der Waals surface area contributed by atoms with Gasteiger partial charge in [0.15, 0.2) is 0 Å². The third-order valence-corrected chi connectivity index (χ3v) is 11.3. The Morgan fingerprint density at radius 2 is 0.420 bits per heavy atom. The van der Waals surface area contributed by atoms with Crippen LogP contribution in [0, 0.1) is 0 Å². The predicted octanol–water partition coefficient (Wildman–Crippen LogP) is 21.9. The zero-order chi connectivity index (χ0) is 63.1. The minimum Gasteiger partial charge on any atom is -0.491 e. The van der Waals surface area contributed by atoms with Gasteiger partial charge in [-0.25, -0.2) is 0 Å². The molecule has 88 heavy (non-hydrogen) atoms. The van der Waals surface area contributed by atoms with Crippen molar-refractivity contribution in [2.75, 3.05) is 52.9 Å². The van der Waals surface area contributed by atoms with Crippen LogP contribution >= 0.6 is 0 Å². The Balaban J connectivity index is 0. The van der Waals surface area contributed by atoms with Crippen molar-refractivity contribution >= 4 is 0 Å². The fraction of sp³-hybridized carbons (Fsp3) is 0.400. The minimum atomic E-state index is 0. The van der Waals surface area contributed by atoms with Crippen LogP contribution in [-0.2, 0) is 31.8 Å². The maximum Gasteiger partial charge on any atom is 0.119 e. The molecule has 8 heteroatoms. The van der Waals surface area contributed by atoms with Gasteiger partial charge in [0.2, 0.25) is 0 Å². The fourth-order valence-electron chi connectivity index (χ4n) is 6.61. The normalized spacial score (nSPS) is 14.5. The van der Waals surface area contributed by atoms with E-state index >= 15 is 0 Å².